The van der Waals surface area contributed by atoms with Gasteiger partial charge in [0.05, 0.1) is 0 Å². The van der Waals surface area contributed by atoms with Crippen LogP contribution in [0.1, 0.15) is 24.5 Å². The van der Waals surface area contributed by atoms with Crippen LogP contribution < -0.4 is 0 Å². The second-order valence-corrected chi connectivity index (χ2v) is 3.36. The normalized spacial score (nSPS) is 11.5. The molecule has 0 bridgehead atoms. The van der Waals surface area contributed by atoms with Crippen LogP contribution in [0.3, 0.4) is 0 Å². The lowest BCUT2D eigenvalue weighted by molar-refractivity contribution is -0.131. The molecule has 1 aromatic rings. The number of aryl methyl sites for hydroxylation is 1. The average molecular weight is 206 g/mol. The molecule has 0 aliphatic carbocycles. The molecule has 0 amide bonds. The van der Waals surface area contributed by atoms with E-state index in [1.54, 1.807) is 25.1 Å². The zero-order valence-corrected chi connectivity index (χ0v) is 8.82. The van der Waals surface area contributed by atoms with Crippen LogP contribution in [0.4, 0.5) is 0 Å². The van der Waals surface area contributed by atoms with Crippen LogP contribution in [0.2, 0.25) is 0 Å². The van der Waals surface area contributed by atoms with Crippen molar-refractivity contribution in [3.63, 3.8) is 0 Å². The van der Waals surface area contributed by atoms with Gasteiger partial charge >= 0.3 is 5.97 Å². The summed E-state index contributed by atoms with van der Waals surface area (Å²) in [5.74, 6) is -0.720. The van der Waals surface area contributed by atoms with Gasteiger partial charge in [0.2, 0.25) is 0 Å². The SMILES string of the molecule is CC/C(=C\C(=O)O)c1ccc(O)c(C)c1. The Bertz CT molecular complexity index is 405. The van der Waals surface area contributed by atoms with Gasteiger partial charge in [-0.3, -0.25) is 0 Å². The van der Waals surface area contributed by atoms with Gasteiger partial charge in [0.1, 0.15) is 5.75 Å². The van der Waals surface area contributed by atoms with Crippen molar-refractivity contribution in [3.05, 3.63) is 35.4 Å². The predicted molar refractivity (Wildman–Crippen MR) is 58.7 cm³/mol. The summed E-state index contributed by atoms with van der Waals surface area (Å²) in [6.45, 7) is 3.68. The molecule has 3 nitrogen and oxygen atoms in total. The van der Waals surface area contributed by atoms with Gasteiger partial charge in [0, 0.05) is 6.08 Å². The molecular weight excluding hydrogens is 192 g/mol. The molecule has 0 aliphatic rings. The fourth-order valence-corrected chi connectivity index (χ4v) is 1.39. The molecule has 0 aliphatic heterocycles. The van der Waals surface area contributed by atoms with Crippen molar-refractivity contribution in [2.24, 2.45) is 0 Å². The summed E-state index contributed by atoms with van der Waals surface area (Å²) in [5, 5.41) is 18.0. The smallest absolute Gasteiger partial charge is 0.328 e. The number of aromatic hydroxyl groups is 1. The molecule has 0 atom stereocenters. The molecule has 1 rings (SSSR count). The maximum Gasteiger partial charge on any atom is 0.328 e. The largest absolute Gasteiger partial charge is 0.508 e. The van der Waals surface area contributed by atoms with Gasteiger partial charge in [-0.2, -0.15) is 0 Å². The lowest BCUT2D eigenvalue weighted by atomic mass is 10.0. The summed E-state index contributed by atoms with van der Waals surface area (Å²) < 4.78 is 0. The van der Waals surface area contributed by atoms with E-state index in [4.69, 9.17) is 5.11 Å². The lowest BCUT2D eigenvalue weighted by Gasteiger charge is -2.06. The highest BCUT2D eigenvalue weighted by molar-refractivity contribution is 5.90. The topological polar surface area (TPSA) is 57.5 Å². The molecule has 0 unspecified atom stereocenters. The van der Waals surface area contributed by atoms with Gasteiger partial charge in [-0.05, 0) is 42.2 Å². The van der Waals surface area contributed by atoms with Crippen LogP contribution in [-0.4, -0.2) is 16.2 Å². The van der Waals surface area contributed by atoms with E-state index in [1.807, 2.05) is 6.92 Å². The Labute approximate surface area is 88.7 Å². The van der Waals surface area contributed by atoms with Crippen LogP contribution in [-0.2, 0) is 4.79 Å². The standard InChI is InChI=1S/C12H14O3/c1-3-9(7-12(14)15)10-4-5-11(13)8(2)6-10/h4-7,13H,3H2,1-2H3,(H,14,15)/b9-7+. The number of carboxylic acid groups (broad SMARTS) is 1. The van der Waals surface area contributed by atoms with Crippen molar-refractivity contribution in [2.75, 3.05) is 0 Å². The number of phenols is 1. The Kier molecular flexibility index (Phi) is 3.50. The average Bonchev–Trinajstić information content (AvgIpc) is 2.18. The van der Waals surface area contributed by atoms with Crippen molar-refractivity contribution in [1.29, 1.82) is 0 Å². The third kappa shape index (κ3) is 2.84. The number of benzene rings is 1. The Hall–Kier alpha value is -1.77. The first-order valence-electron chi connectivity index (χ1n) is 4.78. The molecule has 1 aromatic carbocycles. The molecule has 2 N–H and O–H groups in total. The number of aliphatic carboxylic acids is 1. The first-order valence-corrected chi connectivity index (χ1v) is 4.78. The van der Waals surface area contributed by atoms with Crippen LogP contribution >= 0.6 is 0 Å². The zero-order chi connectivity index (χ0) is 11.4. The first kappa shape index (κ1) is 11.3. The van der Waals surface area contributed by atoms with E-state index in [0.717, 1.165) is 16.7 Å². The minimum atomic E-state index is -0.947. The number of rotatable bonds is 3. The summed E-state index contributed by atoms with van der Waals surface area (Å²) in [6, 6.07) is 5.09. The van der Waals surface area contributed by atoms with Crippen LogP contribution in [0.15, 0.2) is 24.3 Å². The molecule has 80 valence electrons. The molecule has 0 saturated heterocycles. The third-order valence-corrected chi connectivity index (χ3v) is 2.25. The van der Waals surface area contributed by atoms with E-state index in [2.05, 4.69) is 0 Å². The Morgan fingerprint density at radius 2 is 2.13 bits per heavy atom. The van der Waals surface area contributed by atoms with E-state index in [0.29, 0.717) is 6.42 Å². The second kappa shape index (κ2) is 4.64. The number of hydrogen-bond acceptors (Lipinski definition) is 2. The highest BCUT2D eigenvalue weighted by Crippen LogP contribution is 2.23. The maximum absolute atomic E-state index is 10.6. The van der Waals surface area contributed by atoms with Crippen molar-refractivity contribution in [2.45, 2.75) is 20.3 Å². The summed E-state index contributed by atoms with van der Waals surface area (Å²) in [6.07, 6.45) is 1.85. The van der Waals surface area contributed by atoms with Gasteiger partial charge in [-0.25, -0.2) is 4.79 Å². The molecule has 0 fully saturated rings. The molecule has 15 heavy (non-hydrogen) atoms. The quantitative estimate of drug-likeness (QED) is 0.747. The van der Waals surface area contributed by atoms with E-state index >= 15 is 0 Å². The Morgan fingerprint density at radius 3 is 2.60 bits per heavy atom. The Balaban J connectivity index is 3.14. The van der Waals surface area contributed by atoms with Crippen molar-refractivity contribution >= 4 is 11.5 Å². The lowest BCUT2D eigenvalue weighted by Crippen LogP contribution is -1.92. The summed E-state index contributed by atoms with van der Waals surface area (Å²) in [7, 11) is 0. The number of phenolic OH excluding ortho intramolecular Hbond substituents is 1. The summed E-state index contributed by atoms with van der Waals surface area (Å²) in [5.41, 5.74) is 2.35. The fourth-order valence-electron chi connectivity index (χ4n) is 1.39. The number of carboxylic acids is 1. The highest BCUT2D eigenvalue weighted by Gasteiger charge is 2.04. The summed E-state index contributed by atoms with van der Waals surface area (Å²) in [4.78, 5) is 10.6. The fraction of sp³-hybridized carbons (Fsp3) is 0.250. The molecule has 0 heterocycles. The second-order valence-electron chi connectivity index (χ2n) is 3.36. The third-order valence-electron chi connectivity index (χ3n) is 2.25. The predicted octanol–water partition coefficient (Wildman–Crippen LogP) is 2.58. The van der Waals surface area contributed by atoms with Gasteiger partial charge in [0.25, 0.3) is 0 Å². The van der Waals surface area contributed by atoms with Gasteiger partial charge in [-0.1, -0.05) is 13.0 Å². The van der Waals surface area contributed by atoms with E-state index in [9.17, 15) is 9.90 Å². The minimum absolute atomic E-state index is 0.226. The number of carbonyl (C=O) groups is 1. The number of hydrogen-bond donors (Lipinski definition) is 2. The van der Waals surface area contributed by atoms with Crippen LogP contribution in [0.5, 0.6) is 5.75 Å². The monoisotopic (exact) mass is 206 g/mol. The molecule has 0 saturated carbocycles. The number of allylic oxidation sites excluding steroid dienone is 1. The van der Waals surface area contributed by atoms with Crippen molar-refractivity contribution in [3.8, 4) is 5.75 Å². The Morgan fingerprint density at radius 1 is 1.47 bits per heavy atom. The van der Waals surface area contributed by atoms with E-state index in [1.165, 1.54) is 6.08 Å². The van der Waals surface area contributed by atoms with E-state index < -0.39 is 5.97 Å². The van der Waals surface area contributed by atoms with Crippen molar-refractivity contribution in [1.82, 2.24) is 0 Å². The van der Waals surface area contributed by atoms with Crippen LogP contribution in [0, 0.1) is 6.92 Å². The maximum atomic E-state index is 10.6. The van der Waals surface area contributed by atoms with Gasteiger partial charge in [0.15, 0.2) is 0 Å². The van der Waals surface area contributed by atoms with Gasteiger partial charge < -0.3 is 10.2 Å². The van der Waals surface area contributed by atoms with E-state index in [-0.39, 0.29) is 5.75 Å². The molecule has 0 radical (unpaired) electrons. The van der Waals surface area contributed by atoms with Crippen molar-refractivity contribution < 1.29 is 15.0 Å². The zero-order valence-electron chi connectivity index (χ0n) is 8.82. The summed E-state index contributed by atoms with van der Waals surface area (Å²) >= 11 is 0. The molecule has 3 heteroatoms. The highest BCUT2D eigenvalue weighted by atomic mass is 16.4. The molecule has 0 spiro atoms. The van der Waals surface area contributed by atoms with Gasteiger partial charge in [-0.15, -0.1) is 0 Å². The minimum Gasteiger partial charge on any atom is -0.508 e. The molecular formula is C12H14O3. The van der Waals surface area contributed by atoms with Crippen LogP contribution in [0.25, 0.3) is 5.57 Å². The molecule has 0 aromatic heterocycles. The first-order chi connectivity index (χ1) is 7.04.